The van der Waals surface area contributed by atoms with Gasteiger partial charge in [0.25, 0.3) is 5.22 Å². The van der Waals surface area contributed by atoms with Crippen LogP contribution in [0.15, 0.2) is 21.8 Å². The van der Waals surface area contributed by atoms with Gasteiger partial charge in [-0.3, -0.25) is 4.79 Å². The van der Waals surface area contributed by atoms with Gasteiger partial charge in [0.2, 0.25) is 17.5 Å². The van der Waals surface area contributed by atoms with Gasteiger partial charge in [-0.05, 0) is 52.7 Å². The molecule has 1 aliphatic rings. The molecular weight excluding hydrogens is 418 g/mol. The van der Waals surface area contributed by atoms with Crippen molar-refractivity contribution < 1.29 is 23.4 Å². The van der Waals surface area contributed by atoms with E-state index >= 15 is 0 Å². The highest BCUT2D eigenvalue weighted by atomic mass is 32.2. The molecule has 8 nitrogen and oxygen atoms in total. The molecule has 0 saturated heterocycles. The van der Waals surface area contributed by atoms with Crippen molar-refractivity contribution in [2.75, 3.05) is 19.8 Å². The summed E-state index contributed by atoms with van der Waals surface area (Å²) in [7, 11) is 0. The first-order valence-corrected chi connectivity index (χ1v) is 11.8. The van der Waals surface area contributed by atoms with Crippen LogP contribution in [0.4, 0.5) is 0 Å². The molecule has 3 rings (SSSR count). The third-order valence-corrected chi connectivity index (χ3v) is 5.85. The zero-order valence-electron chi connectivity index (χ0n) is 18.6. The van der Waals surface area contributed by atoms with Gasteiger partial charge in [0, 0.05) is 11.6 Å². The zero-order chi connectivity index (χ0) is 22.2. The molecule has 1 N–H and O–H groups in total. The molecule has 1 unspecified atom stereocenters. The molecule has 2 aromatic rings. The second-order valence-electron chi connectivity index (χ2n) is 7.22. The molecule has 170 valence electrons. The fourth-order valence-corrected chi connectivity index (χ4v) is 4.17. The highest BCUT2D eigenvalue weighted by molar-refractivity contribution is 8.00. The summed E-state index contributed by atoms with van der Waals surface area (Å²) in [6, 6.07) is 3.89. The number of amides is 1. The van der Waals surface area contributed by atoms with Gasteiger partial charge in [-0.2, -0.15) is 0 Å². The summed E-state index contributed by atoms with van der Waals surface area (Å²) < 4.78 is 23.1. The summed E-state index contributed by atoms with van der Waals surface area (Å²) in [4.78, 5) is 12.4. The molecule has 9 heteroatoms. The van der Waals surface area contributed by atoms with Crippen LogP contribution in [-0.2, 0) is 4.79 Å². The van der Waals surface area contributed by atoms with Crippen LogP contribution < -0.4 is 19.5 Å². The number of benzene rings is 1. The Morgan fingerprint density at radius 1 is 1.10 bits per heavy atom. The molecule has 1 fully saturated rings. The second-order valence-corrected chi connectivity index (χ2v) is 8.52. The first-order chi connectivity index (χ1) is 15.0. The van der Waals surface area contributed by atoms with Crippen LogP contribution in [0.2, 0.25) is 0 Å². The van der Waals surface area contributed by atoms with E-state index in [1.807, 2.05) is 27.7 Å². The van der Waals surface area contributed by atoms with Crippen molar-refractivity contribution in [3.8, 4) is 28.7 Å². The standard InChI is InChI=1S/C22H31N3O5S/c1-5-27-17-12-15(13-18(28-6-2)19(17)29-7-3)21-24-25-22(30-21)31-14(4)20(26)23-16-10-8-9-11-16/h12-14,16H,5-11H2,1-4H3,(H,23,26). The third kappa shape index (κ3) is 6.06. The van der Waals surface area contributed by atoms with Crippen LogP contribution in [0.3, 0.4) is 0 Å². The van der Waals surface area contributed by atoms with Crippen molar-refractivity contribution in [3.05, 3.63) is 12.1 Å². The van der Waals surface area contributed by atoms with Gasteiger partial charge in [-0.15, -0.1) is 10.2 Å². The molecular formula is C22H31N3O5S. The molecule has 1 aliphatic carbocycles. The fraction of sp³-hybridized carbons (Fsp3) is 0.591. The van der Waals surface area contributed by atoms with Crippen molar-refractivity contribution in [2.24, 2.45) is 0 Å². The lowest BCUT2D eigenvalue weighted by molar-refractivity contribution is -0.120. The predicted molar refractivity (Wildman–Crippen MR) is 119 cm³/mol. The molecule has 0 bridgehead atoms. The number of aromatic nitrogens is 2. The summed E-state index contributed by atoms with van der Waals surface area (Å²) in [6.45, 7) is 9.01. The topological polar surface area (TPSA) is 95.7 Å². The quantitative estimate of drug-likeness (QED) is 0.502. The molecule has 0 radical (unpaired) electrons. The van der Waals surface area contributed by atoms with Crippen molar-refractivity contribution in [1.82, 2.24) is 15.5 Å². The van der Waals surface area contributed by atoms with Gasteiger partial charge in [0.15, 0.2) is 11.5 Å². The van der Waals surface area contributed by atoms with E-state index in [0.717, 1.165) is 12.8 Å². The zero-order valence-corrected chi connectivity index (χ0v) is 19.4. The van der Waals surface area contributed by atoms with Gasteiger partial charge in [0.05, 0.1) is 25.1 Å². The lowest BCUT2D eigenvalue weighted by atomic mass is 10.2. The van der Waals surface area contributed by atoms with E-state index in [0.29, 0.717) is 53.7 Å². The van der Waals surface area contributed by atoms with E-state index in [-0.39, 0.29) is 17.2 Å². The normalized spacial score (nSPS) is 15.0. The molecule has 0 aliphatic heterocycles. The van der Waals surface area contributed by atoms with Crippen LogP contribution in [0, 0.1) is 0 Å². The van der Waals surface area contributed by atoms with Crippen LogP contribution in [0.5, 0.6) is 17.2 Å². The SMILES string of the molecule is CCOc1cc(-c2nnc(SC(C)C(=O)NC3CCCC3)o2)cc(OCC)c1OCC. The van der Waals surface area contributed by atoms with Gasteiger partial charge in [-0.1, -0.05) is 24.6 Å². The minimum atomic E-state index is -0.327. The van der Waals surface area contributed by atoms with E-state index < -0.39 is 0 Å². The van der Waals surface area contributed by atoms with Gasteiger partial charge in [-0.25, -0.2) is 0 Å². The fourth-order valence-electron chi connectivity index (χ4n) is 3.48. The van der Waals surface area contributed by atoms with Crippen LogP contribution in [0.1, 0.15) is 53.4 Å². The van der Waals surface area contributed by atoms with Crippen LogP contribution >= 0.6 is 11.8 Å². The monoisotopic (exact) mass is 449 g/mol. The maximum atomic E-state index is 12.4. The Balaban J connectivity index is 1.76. The summed E-state index contributed by atoms with van der Waals surface area (Å²) >= 11 is 1.25. The summed E-state index contributed by atoms with van der Waals surface area (Å²) in [5.74, 6) is 2.00. The largest absolute Gasteiger partial charge is 0.490 e. The Morgan fingerprint density at radius 2 is 1.71 bits per heavy atom. The van der Waals surface area contributed by atoms with E-state index in [9.17, 15) is 4.79 Å². The van der Waals surface area contributed by atoms with Crippen LogP contribution in [0.25, 0.3) is 11.5 Å². The number of hydrogen-bond donors (Lipinski definition) is 1. The number of carbonyl (C=O) groups is 1. The van der Waals surface area contributed by atoms with E-state index in [2.05, 4.69) is 15.5 Å². The Bertz CT molecular complexity index is 840. The Morgan fingerprint density at radius 3 is 2.29 bits per heavy atom. The highest BCUT2D eigenvalue weighted by Gasteiger charge is 2.24. The van der Waals surface area contributed by atoms with Crippen molar-refractivity contribution in [1.29, 1.82) is 0 Å². The molecule has 1 aromatic carbocycles. The molecule has 31 heavy (non-hydrogen) atoms. The predicted octanol–water partition coefficient (Wildman–Crippen LogP) is 4.47. The number of hydrogen-bond acceptors (Lipinski definition) is 8. The maximum absolute atomic E-state index is 12.4. The number of rotatable bonds is 11. The van der Waals surface area contributed by atoms with E-state index in [1.54, 1.807) is 12.1 Å². The highest BCUT2D eigenvalue weighted by Crippen LogP contribution is 2.42. The minimum absolute atomic E-state index is 0.00465. The molecule has 1 amide bonds. The molecule has 1 saturated carbocycles. The second kappa shape index (κ2) is 11.3. The average Bonchev–Trinajstić information content (AvgIpc) is 3.42. The minimum Gasteiger partial charge on any atom is -0.490 e. The average molecular weight is 450 g/mol. The first kappa shape index (κ1) is 23.2. The van der Waals surface area contributed by atoms with Gasteiger partial charge in [0.1, 0.15) is 0 Å². The maximum Gasteiger partial charge on any atom is 0.277 e. The summed E-state index contributed by atoms with van der Waals surface area (Å²) in [5.41, 5.74) is 0.665. The molecule has 1 aromatic heterocycles. The number of nitrogens with one attached hydrogen (secondary N) is 1. The van der Waals surface area contributed by atoms with E-state index in [1.165, 1.54) is 24.6 Å². The number of ether oxygens (including phenoxy) is 3. The van der Waals surface area contributed by atoms with Crippen molar-refractivity contribution >= 4 is 17.7 Å². The lowest BCUT2D eigenvalue weighted by Gasteiger charge is -2.16. The Hall–Kier alpha value is -2.42. The molecule has 1 heterocycles. The van der Waals surface area contributed by atoms with Gasteiger partial charge < -0.3 is 23.9 Å². The third-order valence-electron chi connectivity index (χ3n) is 4.91. The lowest BCUT2D eigenvalue weighted by Crippen LogP contribution is -2.37. The number of nitrogens with zero attached hydrogens (tertiary/aromatic N) is 2. The first-order valence-electron chi connectivity index (χ1n) is 10.9. The smallest absolute Gasteiger partial charge is 0.277 e. The summed E-state index contributed by atoms with van der Waals surface area (Å²) in [5, 5.41) is 11.4. The van der Waals surface area contributed by atoms with Gasteiger partial charge >= 0.3 is 0 Å². The Labute approximate surface area is 187 Å². The van der Waals surface area contributed by atoms with Crippen LogP contribution in [-0.4, -0.2) is 47.2 Å². The summed E-state index contributed by atoms with van der Waals surface area (Å²) in [6.07, 6.45) is 4.45. The molecule has 1 atom stereocenters. The number of carbonyl (C=O) groups excluding carboxylic acids is 1. The van der Waals surface area contributed by atoms with E-state index in [4.69, 9.17) is 18.6 Å². The molecule has 0 spiro atoms. The van der Waals surface area contributed by atoms with Crippen molar-refractivity contribution in [3.63, 3.8) is 0 Å². The Kier molecular flexibility index (Phi) is 8.45. The van der Waals surface area contributed by atoms with Crippen molar-refractivity contribution in [2.45, 2.75) is 69.9 Å². The number of thioether (sulfide) groups is 1.